The van der Waals surface area contributed by atoms with Crippen LogP contribution in [0, 0.1) is 30.9 Å². The third-order valence-corrected chi connectivity index (χ3v) is 5.09. The number of ether oxygens (including phenoxy) is 1. The van der Waals surface area contributed by atoms with Gasteiger partial charge in [-0.15, -0.1) is 0 Å². The standard InChI is InChI=1S/C22H23ClN4O4/c1-14-11-19(23)7-8-20(14)31-13-17-5-4-6-18(12-17)22(28)24-9-10-26-16(3)21(27(29)30)15(2)25-26/h4-8,11-12H,9-10,13H2,1-3H3,(H,24,28). The van der Waals surface area contributed by atoms with Crippen molar-refractivity contribution >= 4 is 23.2 Å². The normalized spacial score (nSPS) is 10.7. The molecule has 162 valence electrons. The quantitative estimate of drug-likeness (QED) is 0.412. The van der Waals surface area contributed by atoms with E-state index in [1.807, 2.05) is 25.1 Å². The van der Waals surface area contributed by atoms with Crippen LogP contribution in [0.3, 0.4) is 0 Å². The highest BCUT2D eigenvalue weighted by Gasteiger charge is 2.21. The lowest BCUT2D eigenvalue weighted by molar-refractivity contribution is -0.386. The highest BCUT2D eigenvalue weighted by Crippen LogP contribution is 2.23. The molecule has 0 radical (unpaired) electrons. The van der Waals surface area contributed by atoms with E-state index in [0.717, 1.165) is 16.9 Å². The zero-order valence-corrected chi connectivity index (χ0v) is 18.3. The molecule has 2 aromatic carbocycles. The van der Waals surface area contributed by atoms with Crippen LogP contribution in [-0.4, -0.2) is 27.2 Å². The van der Waals surface area contributed by atoms with E-state index in [-0.39, 0.29) is 11.6 Å². The Hall–Kier alpha value is -3.39. The number of hydrogen-bond donors (Lipinski definition) is 1. The highest BCUT2D eigenvalue weighted by atomic mass is 35.5. The van der Waals surface area contributed by atoms with Crippen LogP contribution < -0.4 is 10.1 Å². The summed E-state index contributed by atoms with van der Waals surface area (Å²) in [6.45, 7) is 6.11. The summed E-state index contributed by atoms with van der Waals surface area (Å²) in [5.41, 5.74) is 3.14. The number of amides is 1. The molecule has 1 heterocycles. The van der Waals surface area contributed by atoms with Crippen molar-refractivity contribution in [3.8, 4) is 5.75 Å². The van der Waals surface area contributed by atoms with Gasteiger partial charge < -0.3 is 10.1 Å². The Balaban J connectivity index is 1.58. The van der Waals surface area contributed by atoms with Crippen LogP contribution in [0.15, 0.2) is 42.5 Å². The summed E-state index contributed by atoms with van der Waals surface area (Å²) < 4.78 is 7.37. The number of hydrogen-bond acceptors (Lipinski definition) is 5. The minimum absolute atomic E-state index is 0.00921. The Morgan fingerprint density at radius 2 is 2.00 bits per heavy atom. The third-order valence-electron chi connectivity index (χ3n) is 4.86. The number of nitro groups is 1. The summed E-state index contributed by atoms with van der Waals surface area (Å²) in [6, 6.07) is 12.6. The van der Waals surface area contributed by atoms with Gasteiger partial charge in [0.2, 0.25) is 0 Å². The fourth-order valence-electron chi connectivity index (χ4n) is 3.29. The van der Waals surface area contributed by atoms with Crippen molar-refractivity contribution in [2.24, 2.45) is 0 Å². The molecule has 0 aliphatic rings. The lowest BCUT2D eigenvalue weighted by Gasteiger charge is -2.11. The maximum atomic E-state index is 12.5. The van der Waals surface area contributed by atoms with Gasteiger partial charge in [-0.2, -0.15) is 5.10 Å². The summed E-state index contributed by atoms with van der Waals surface area (Å²) in [7, 11) is 0. The molecule has 9 heteroatoms. The first kappa shape index (κ1) is 22.3. The number of benzene rings is 2. The lowest BCUT2D eigenvalue weighted by Crippen LogP contribution is -2.27. The van der Waals surface area contributed by atoms with Crippen LogP contribution in [0.2, 0.25) is 5.02 Å². The molecule has 31 heavy (non-hydrogen) atoms. The van der Waals surface area contributed by atoms with Crippen LogP contribution in [0.1, 0.15) is 32.9 Å². The maximum Gasteiger partial charge on any atom is 0.312 e. The topological polar surface area (TPSA) is 99.3 Å². The zero-order valence-electron chi connectivity index (χ0n) is 17.5. The number of carbonyl (C=O) groups excluding carboxylic acids is 1. The van der Waals surface area contributed by atoms with Gasteiger partial charge in [-0.05, 0) is 62.2 Å². The second kappa shape index (κ2) is 9.61. The van der Waals surface area contributed by atoms with E-state index in [1.54, 1.807) is 38.1 Å². The van der Waals surface area contributed by atoms with E-state index >= 15 is 0 Å². The van der Waals surface area contributed by atoms with Crippen LogP contribution >= 0.6 is 11.6 Å². The molecule has 0 aliphatic carbocycles. The van der Waals surface area contributed by atoms with Crippen molar-refractivity contribution in [2.45, 2.75) is 33.9 Å². The van der Waals surface area contributed by atoms with Crippen molar-refractivity contribution in [3.05, 3.63) is 85.7 Å². The molecule has 0 saturated heterocycles. The van der Waals surface area contributed by atoms with E-state index < -0.39 is 4.92 Å². The Labute approximate surface area is 184 Å². The number of halogens is 1. The van der Waals surface area contributed by atoms with Gasteiger partial charge in [-0.3, -0.25) is 19.6 Å². The average Bonchev–Trinajstić information content (AvgIpc) is 3.00. The minimum Gasteiger partial charge on any atom is -0.489 e. The number of carbonyl (C=O) groups is 1. The molecule has 1 N–H and O–H groups in total. The summed E-state index contributed by atoms with van der Waals surface area (Å²) in [5.74, 6) is 0.499. The summed E-state index contributed by atoms with van der Waals surface area (Å²) in [4.78, 5) is 23.2. The van der Waals surface area contributed by atoms with Gasteiger partial charge >= 0.3 is 5.69 Å². The van der Waals surface area contributed by atoms with Crippen molar-refractivity contribution in [1.82, 2.24) is 15.1 Å². The van der Waals surface area contributed by atoms with Gasteiger partial charge in [0.25, 0.3) is 5.91 Å². The molecular formula is C22H23ClN4O4. The summed E-state index contributed by atoms with van der Waals surface area (Å²) in [5, 5.41) is 18.8. The van der Waals surface area contributed by atoms with Crippen LogP contribution in [0.5, 0.6) is 5.75 Å². The largest absolute Gasteiger partial charge is 0.489 e. The monoisotopic (exact) mass is 442 g/mol. The summed E-state index contributed by atoms with van der Waals surface area (Å²) in [6.07, 6.45) is 0. The second-order valence-corrected chi connectivity index (χ2v) is 7.59. The van der Waals surface area contributed by atoms with Crippen LogP contribution in [0.4, 0.5) is 5.69 Å². The number of aromatic nitrogens is 2. The molecule has 0 aliphatic heterocycles. The van der Waals surface area contributed by atoms with Crippen molar-refractivity contribution in [2.75, 3.05) is 6.54 Å². The fourth-order valence-corrected chi connectivity index (χ4v) is 3.51. The van der Waals surface area contributed by atoms with E-state index in [4.69, 9.17) is 16.3 Å². The molecule has 1 amide bonds. The number of nitrogens with one attached hydrogen (secondary N) is 1. The van der Waals surface area contributed by atoms with Crippen molar-refractivity contribution < 1.29 is 14.5 Å². The van der Waals surface area contributed by atoms with Gasteiger partial charge in [0.05, 0.1) is 11.5 Å². The number of aryl methyl sites for hydroxylation is 2. The number of rotatable bonds is 8. The smallest absolute Gasteiger partial charge is 0.312 e. The third kappa shape index (κ3) is 5.40. The Bertz CT molecular complexity index is 1130. The van der Waals surface area contributed by atoms with E-state index in [2.05, 4.69) is 10.4 Å². The first-order valence-corrected chi connectivity index (χ1v) is 10.1. The Kier molecular flexibility index (Phi) is 6.91. The SMILES string of the molecule is Cc1cc(Cl)ccc1OCc1cccc(C(=O)NCCn2nc(C)c([N+](=O)[O-])c2C)c1. The molecule has 0 atom stereocenters. The lowest BCUT2D eigenvalue weighted by atomic mass is 10.1. The summed E-state index contributed by atoms with van der Waals surface area (Å²) >= 11 is 5.97. The van der Waals surface area contributed by atoms with Gasteiger partial charge in [0.15, 0.2) is 0 Å². The van der Waals surface area contributed by atoms with E-state index in [0.29, 0.717) is 41.7 Å². The molecular weight excluding hydrogens is 420 g/mol. The molecule has 0 spiro atoms. The molecule has 1 aromatic heterocycles. The fraction of sp³-hybridized carbons (Fsp3) is 0.273. The van der Waals surface area contributed by atoms with Crippen molar-refractivity contribution in [3.63, 3.8) is 0 Å². The van der Waals surface area contributed by atoms with E-state index in [9.17, 15) is 14.9 Å². The van der Waals surface area contributed by atoms with Gasteiger partial charge in [0, 0.05) is 17.1 Å². The molecule has 0 bridgehead atoms. The molecule has 0 unspecified atom stereocenters. The maximum absolute atomic E-state index is 12.5. The molecule has 8 nitrogen and oxygen atoms in total. The van der Waals surface area contributed by atoms with Gasteiger partial charge in [-0.1, -0.05) is 23.7 Å². The predicted octanol–water partition coefficient (Wildman–Crippen LogP) is 4.38. The van der Waals surface area contributed by atoms with Gasteiger partial charge in [0.1, 0.15) is 23.7 Å². The Morgan fingerprint density at radius 1 is 1.23 bits per heavy atom. The molecule has 0 fully saturated rings. The molecule has 0 saturated carbocycles. The van der Waals surface area contributed by atoms with Gasteiger partial charge in [-0.25, -0.2) is 0 Å². The minimum atomic E-state index is -0.439. The van der Waals surface area contributed by atoms with Crippen molar-refractivity contribution in [1.29, 1.82) is 0 Å². The second-order valence-electron chi connectivity index (χ2n) is 7.15. The first-order valence-electron chi connectivity index (χ1n) is 9.70. The predicted molar refractivity (Wildman–Crippen MR) is 118 cm³/mol. The first-order chi connectivity index (χ1) is 14.8. The average molecular weight is 443 g/mol. The molecule has 3 aromatic rings. The highest BCUT2D eigenvalue weighted by molar-refractivity contribution is 6.30. The van der Waals surface area contributed by atoms with E-state index in [1.165, 1.54) is 4.68 Å². The Morgan fingerprint density at radius 3 is 2.68 bits per heavy atom. The zero-order chi connectivity index (χ0) is 22.5. The number of nitrogens with zero attached hydrogens (tertiary/aromatic N) is 3. The molecule has 3 rings (SSSR count). The van der Waals surface area contributed by atoms with Crippen LogP contribution in [-0.2, 0) is 13.2 Å². The van der Waals surface area contributed by atoms with Crippen LogP contribution in [0.25, 0.3) is 0 Å².